The van der Waals surface area contributed by atoms with Crippen LogP contribution in [0.2, 0.25) is 0 Å². The van der Waals surface area contributed by atoms with Gasteiger partial charge in [-0.2, -0.15) is 0 Å². The van der Waals surface area contributed by atoms with Gasteiger partial charge in [-0.15, -0.1) is 12.4 Å². The molecule has 0 aliphatic carbocycles. The quantitative estimate of drug-likeness (QED) is 0.835. The zero-order valence-corrected chi connectivity index (χ0v) is 12.6. The van der Waals surface area contributed by atoms with Crippen molar-refractivity contribution in [2.24, 2.45) is 0 Å². The molecule has 0 aliphatic rings. The monoisotopic (exact) mass is 300 g/mol. The standard InChI is InChI=1S/C14H20N2O3.ClH/c1-3-9-16(11-14(18)19)10-13(17)15(2)12-7-5-4-6-8-12;/h4-8H,3,9-11H2,1-2H3,(H,18,19);1H. The smallest absolute Gasteiger partial charge is 0.317 e. The summed E-state index contributed by atoms with van der Waals surface area (Å²) in [5.74, 6) is -1.02. The zero-order chi connectivity index (χ0) is 14.3. The van der Waals surface area contributed by atoms with Crippen LogP contribution in [0.4, 0.5) is 5.69 Å². The molecule has 0 radical (unpaired) electrons. The maximum Gasteiger partial charge on any atom is 0.317 e. The predicted molar refractivity (Wildman–Crippen MR) is 81.5 cm³/mol. The number of anilines is 1. The molecule has 112 valence electrons. The summed E-state index contributed by atoms with van der Waals surface area (Å²) in [6.07, 6.45) is 0.815. The van der Waals surface area contributed by atoms with Gasteiger partial charge in [-0.3, -0.25) is 14.5 Å². The first-order valence-electron chi connectivity index (χ1n) is 6.30. The summed E-state index contributed by atoms with van der Waals surface area (Å²) >= 11 is 0. The molecule has 0 unspecified atom stereocenters. The van der Waals surface area contributed by atoms with Crippen LogP contribution in [0.15, 0.2) is 30.3 Å². The molecule has 0 saturated heterocycles. The fourth-order valence-electron chi connectivity index (χ4n) is 1.81. The number of amides is 1. The number of rotatable bonds is 7. The van der Waals surface area contributed by atoms with E-state index in [0.717, 1.165) is 12.1 Å². The fraction of sp³-hybridized carbons (Fsp3) is 0.429. The van der Waals surface area contributed by atoms with E-state index in [4.69, 9.17) is 5.11 Å². The number of carboxylic acid groups (broad SMARTS) is 1. The molecule has 0 bridgehead atoms. The lowest BCUT2D eigenvalue weighted by molar-refractivity contribution is -0.138. The van der Waals surface area contributed by atoms with E-state index >= 15 is 0 Å². The second kappa shape index (κ2) is 9.34. The lowest BCUT2D eigenvalue weighted by Crippen LogP contribution is -2.41. The van der Waals surface area contributed by atoms with Crippen LogP contribution in [-0.4, -0.2) is 48.6 Å². The van der Waals surface area contributed by atoms with E-state index in [2.05, 4.69) is 0 Å². The van der Waals surface area contributed by atoms with Gasteiger partial charge in [0.25, 0.3) is 0 Å². The second-order valence-electron chi connectivity index (χ2n) is 4.39. The highest BCUT2D eigenvalue weighted by molar-refractivity contribution is 5.94. The van der Waals surface area contributed by atoms with Gasteiger partial charge in [-0.05, 0) is 25.1 Å². The van der Waals surface area contributed by atoms with Crippen molar-refractivity contribution in [2.45, 2.75) is 13.3 Å². The number of hydrogen-bond donors (Lipinski definition) is 1. The van der Waals surface area contributed by atoms with Crippen LogP contribution in [0.3, 0.4) is 0 Å². The van der Waals surface area contributed by atoms with Gasteiger partial charge >= 0.3 is 5.97 Å². The maximum absolute atomic E-state index is 12.1. The molecule has 0 spiro atoms. The van der Waals surface area contributed by atoms with E-state index in [1.807, 2.05) is 37.3 Å². The Balaban J connectivity index is 0.00000361. The molecule has 0 fully saturated rings. The topological polar surface area (TPSA) is 60.9 Å². The Bertz CT molecular complexity index is 426. The number of benzene rings is 1. The molecule has 0 atom stereocenters. The molecule has 0 aliphatic heterocycles. The summed E-state index contributed by atoms with van der Waals surface area (Å²) < 4.78 is 0. The Morgan fingerprint density at radius 3 is 2.25 bits per heavy atom. The number of carbonyl (C=O) groups excluding carboxylic acids is 1. The highest BCUT2D eigenvalue weighted by Gasteiger charge is 2.16. The summed E-state index contributed by atoms with van der Waals surface area (Å²) in [5.41, 5.74) is 0.805. The van der Waals surface area contributed by atoms with Crippen LogP contribution in [0.25, 0.3) is 0 Å². The van der Waals surface area contributed by atoms with Crippen molar-refractivity contribution in [1.82, 2.24) is 4.90 Å². The minimum Gasteiger partial charge on any atom is -0.480 e. The van der Waals surface area contributed by atoms with E-state index < -0.39 is 5.97 Å². The largest absolute Gasteiger partial charge is 0.480 e. The molecule has 1 N–H and O–H groups in total. The minimum atomic E-state index is -0.913. The molecule has 1 rings (SSSR count). The van der Waals surface area contributed by atoms with Crippen LogP contribution < -0.4 is 4.90 Å². The van der Waals surface area contributed by atoms with Gasteiger partial charge in [0.05, 0.1) is 13.1 Å². The van der Waals surface area contributed by atoms with Crippen molar-refractivity contribution >= 4 is 30.0 Å². The number of halogens is 1. The van der Waals surface area contributed by atoms with Gasteiger partial charge in [0.15, 0.2) is 0 Å². The molecule has 0 aromatic heterocycles. The lowest BCUT2D eigenvalue weighted by Gasteiger charge is -2.23. The van der Waals surface area contributed by atoms with E-state index in [1.165, 1.54) is 0 Å². The van der Waals surface area contributed by atoms with Gasteiger partial charge in [0.1, 0.15) is 0 Å². The lowest BCUT2D eigenvalue weighted by atomic mass is 10.3. The maximum atomic E-state index is 12.1. The number of aliphatic carboxylic acids is 1. The van der Waals surface area contributed by atoms with Crippen molar-refractivity contribution in [3.8, 4) is 0 Å². The first-order valence-corrected chi connectivity index (χ1v) is 6.30. The third kappa shape index (κ3) is 6.04. The molecular formula is C14H21ClN2O3. The summed E-state index contributed by atoms with van der Waals surface area (Å²) in [4.78, 5) is 26.0. The molecule has 0 saturated carbocycles. The van der Waals surface area contributed by atoms with Gasteiger partial charge in [-0.25, -0.2) is 0 Å². The minimum absolute atomic E-state index is 0. The number of likely N-dealkylation sites (N-methyl/N-ethyl adjacent to an activating group) is 1. The fourth-order valence-corrected chi connectivity index (χ4v) is 1.81. The highest BCUT2D eigenvalue weighted by Crippen LogP contribution is 2.11. The Morgan fingerprint density at radius 2 is 1.75 bits per heavy atom. The number of nitrogens with zero attached hydrogens (tertiary/aromatic N) is 2. The van der Waals surface area contributed by atoms with E-state index in [9.17, 15) is 9.59 Å². The van der Waals surface area contributed by atoms with E-state index in [1.54, 1.807) is 16.8 Å². The highest BCUT2D eigenvalue weighted by atomic mass is 35.5. The predicted octanol–water partition coefficient (Wildman–Crippen LogP) is 1.87. The first-order chi connectivity index (χ1) is 9.04. The Labute approximate surface area is 125 Å². The van der Waals surface area contributed by atoms with Crippen molar-refractivity contribution < 1.29 is 14.7 Å². The molecular weight excluding hydrogens is 280 g/mol. The normalized spacial score (nSPS) is 9.95. The first kappa shape index (κ1) is 18.4. The number of hydrogen-bond acceptors (Lipinski definition) is 3. The second-order valence-corrected chi connectivity index (χ2v) is 4.39. The van der Waals surface area contributed by atoms with Gasteiger partial charge in [0, 0.05) is 12.7 Å². The van der Waals surface area contributed by atoms with Gasteiger partial charge in [0.2, 0.25) is 5.91 Å². The third-order valence-electron chi connectivity index (χ3n) is 2.78. The Hall–Kier alpha value is -1.59. The summed E-state index contributed by atoms with van der Waals surface area (Å²) in [6.45, 7) is 2.56. The van der Waals surface area contributed by atoms with Crippen molar-refractivity contribution in [1.29, 1.82) is 0 Å². The molecule has 20 heavy (non-hydrogen) atoms. The number of carboxylic acids is 1. The van der Waals surface area contributed by atoms with Crippen LogP contribution in [0.1, 0.15) is 13.3 Å². The van der Waals surface area contributed by atoms with Crippen molar-refractivity contribution in [2.75, 3.05) is 31.6 Å². The Kier molecular flexibility index (Phi) is 8.59. The molecule has 1 aromatic rings. The molecule has 1 amide bonds. The van der Waals surface area contributed by atoms with Crippen LogP contribution in [0.5, 0.6) is 0 Å². The number of carbonyl (C=O) groups is 2. The summed E-state index contributed by atoms with van der Waals surface area (Å²) in [7, 11) is 1.70. The van der Waals surface area contributed by atoms with Crippen LogP contribution >= 0.6 is 12.4 Å². The SMILES string of the molecule is CCCN(CC(=O)O)CC(=O)N(C)c1ccccc1.Cl. The van der Waals surface area contributed by atoms with Gasteiger partial charge < -0.3 is 10.0 Å². The summed E-state index contributed by atoms with van der Waals surface area (Å²) in [6, 6.07) is 9.30. The molecule has 0 heterocycles. The van der Waals surface area contributed by atoms with Crippen molar-refractivity contribution in [3.63, 3.8) is 0 Å². The van der Waals surface area contributed by atoms with Gasteiger partial charge in [-0.1, -0.05) is 25.1 Å². The Morgan fingerprint density at radius 1 is 1.15 bits per heavy atom. The zero-order valence-electron chi connectivity index (χ0n) is 11.8. The van der Waals surface area contributed by atoms with E-state index in [-0.39, 0.29) is 31.4 Å². The number of para-hydroxylation sites is 1. The molecule has 6 heteroatoms. The average Bonchev–Trinajstić information content (AvgIpc) is 2.38. The van der Waals surface area contributed by atoms with Crippen LogP contribution in [0, 0.1) is 0 Å². The van der Waals surface area contributed by atoms with Crippen molar-refractivity contribution in [3.05, 3.63) is 30.3 Å². The van der Waals surface area contributed by atoms with E-state index in [0.29, 0.717) is 6.54 Å². The average molecular weight is 301 g/mol. The molecule has 5 nitrogen and oxygen atoms in total. The summed E-state index contributed by atoms with van der Waals surface area (Å²) in [5, 5.41) is 8.81. The molecule has 1 aromatic carbocycles. The van der Waals surface area contributed by atoms with Crippen LogP contribution in [-0.2, 0) is 9.59 Å². The third-order valence-corrected chi connectivity index (χ3v) is 2.78.